The summed E-state index contributed by atoms with van der Waals surface area (Å²) in [6.07, 6.45) is 0. The van der Waals surface area contributed by atoms with E-state index in [9.17, 15) is 17.6 Å². The third-order valence-corrected chi connectivity index (χ3v) is 7.64. The fraction of sp³-hybridized carbons (Fsp3) is 0.240. The Morgan fingerprint density at radius 2 is 1.65 bits per heavy atom. The van der Waals surface area contributed by atoms with Gasteiger partial charge in [-0.3, -0.25) is 9.10 Å². The molecule has 0 unspecified atom stereocenters. The Morgan fingerprint density at radius 1 is 1.00 bits per heavy atom. The van der Waals surface area contributed by atoms with Crippen LogP contribution in [0.2, 0.25) is 0 Å². The van der Waals surface area contributed by atoms with Gasteiger partial charge in [0.05, 0.1) is 17.2 Å². The number of thioether (sulfide) groups is 1. The number of benzene rings is 3. The number of carbonyl (C=O) groups is 1. The van der Waals surface area contributed by atoms with E-state index in [1.165, 1.54) is 29.8 Å². The van der Waals surface area contributed by atoms with Gasteiger partial charge >= 0.3 is 0 Å². The molecule has 6 nitrogen and oxygen atoms in total. The molecule has 0 aliphatic heterocycles. The summed E-state index contributed by atoms with van der Waals surface area (Å²) < 4.78 is 46.5. The van der Waals surface area contributed by atoms with E-state index in [2.05, 4.69) is 5.32 Å². The van der Waals surface area contributed by atoms with E-state index in [0.29, 0.717) is 24.7 Å². The van der Waals surface area contributed by atoms with Crippen LogP contribution in [0.4, 0.5) is 10.1 Å². The molecule has 0 aromatic heterocycles. The standard InChI is InChI=1S/C25H27FN2O4S2/c1-3-32-22-10-14-24(15-11-22)34(30,31)28(21-8-6-20(26)7-9-21)18-25(29)27-16-17-33-23-12-4-19(2)5-13-23/h4-15H,3,16-18H2,1-2H3,(H,27,29). The maximum absolute atomic E-state index is 13.5. The Labute approximate surface area is 204 Å². The molecule has 180 valence electrons. The van der Waals surface area contributed by atoms with Gasteiger partial charge in [-0.1, -0.05) is 17.7 Å². The highest BCUT2D eigenvalue weighted by Crippen LogP contribution is 2.25. The number of nitrogens with zero attached hydrogens (tertiary/aromatic N) is 1. The molecule has 34 heavy (non-hydrogen) atoms. The first-order valence-corrected chi connectivity index (χ1v) is 13.2. The van der Waals surface area contributed by atoms with Gasteiger partial charge in [0.25, 0.3) is 10.0 Å². The first-order chi connectivity index (χ1) is 16.3. The van der Waals surface area contributed by atoms with Gasteiger partial charge in [-0.2, -0.15) is 0 Å². The van der Waals surface area contributed by atoms with Gasteiger partial charge in [-0.15, -0.1) is 11.8 Å². The Hall–Kier alpha value is -3.04. The summed E-state index contributed by atoms with van der Waals surface area (Å²) in [5, 5.41) is 2.77. The molecule has 3 aromatic rings. The van der Waals surface area contributed by atoms with Crippen LogP contribution >= 0.6 is 11.8 Å². The summed E-state index contributed by atoms with van der Waals surface area (Å²) in [7, 11) is -4.08. The maximum Gasteiger partial charge on any atom is 0.264 e. The lowest BCUT2D eigenvalue weighted by Gasteiger charge is -2.24. The minimum absolute atomic E-state index is 0.00278. The van der Waals surface area contributed by atoms with E-state index >= 15 is 0 Å². The second kappa shape index (κ2) is 11.9. The van der Waals surface area contributed by atoms with Crippen LogP contribution in [0.1, 0.15) is 12.5 Å². The topological polar surface area (TPSA) is 75.7 Å². The third kappa shape index (κ3) is 6.98. The first kappa shape index (κ1) is 25.6. The minimum atomic E-state index is -4.08. The molecule has 0 fully saturated rings. The number of rotatable bonds is 11. The predicted molar refractivity (Wildman–Crippen MR) is 133 cm³/mol. The molecule has 0 aliphatic carbocycles. The minimum Gasteiger partial charge on any atom is -0.494 e. The quantitative estimate of drug-likeness (QED) is 0.306. The molecule has 0 saturated carbocycles. The zero-order valence-corrected chi connectivity index (χ0v) is 20.7. The van der Waals surface area contributed by atoms with Crippen molar-refractivity contribution >= 4 is 33.4 Å². The van der Waals surface area contributed by atoms with Crippen molar-refractivity contribution in [2.75, 3.05) is 29.8 Å². The summed E-state index contributed by atoms with van der Waals surface area (Å²) in [5.41, 5.74) is 1.37. The van der Waals surface area contributed by atoms with Crippen molar-refractivity contribution in [1.82, 2.24) is 5.32 Å². The number of anilines is 1. The maximum atomic E-state index is 13.5. The summed E-state index contributed by atoms with van der Waals surface area (Å²) in [6, 6.07) is 19.0. The smallest absolute Gasteiger partial charge is 0.264 e. The van der Waals surface area contributed by atoms with Crippen LogP contribution in [0.25, 0.3) is 0 Å². The molecule has 0 saturated heterocycles. The average Bonchev–Trinajstić information content (AvgIpc) is 2.83. The van der Waals surface area contributed by atoms with Crippen LogP contribution in [0, 0.1) is 12.7 Å². The number of hydrogen-bond acceptors (Lipinski definition) is 5. The Balaban J connectivity index is 1.70. The Morgan fingerprint density at radius 3 is 2.26 bits per heavy atom. The number of amides is 1. The van der Waals surface area contributed by atoms with Crippen LogP contribution in [0.3, 0.4) is 0 Å². The molecule has 1 N–H and O–H groups in total. The lowest BCUT2D eigenvalue weighted by atomic mass is 10.2. The Bertz CT molecular complexity index is 1180. The number of sulfonamides is 1. The second-order valence-electron chi connectivity index (χ2n) is 7.40. The third-order valence-electron chi connectivity index (χ3n) is 4.84. The number of hydrogen-bond donors (Lipinski definition) is 1. The van der Waals surface area contributed by atoms with Crippen LogP contribution in [0.15, 0.2) is 82.6 Å². The van der Waals surface area contributed by atoms with Crippen LogP contribution < -0.4 is 14.4 Å². The van der Waals surface area contributed by atoms with Gasteiger partial charge in [0, 0.05) is 17.2 Å². The molecular weight excluding hydrogens is 475 g/mol. The van der Waals surface area contributed by atoms with Crippen molar-refractivity contribution in [2.24, 2.45) is 0 Å². The monoisotopic (exact) mass is 502 g/mol. The fourth-order valence-corrected chi connectivity index (χ4v) is 5.29. The molecule has 9 heteroatoms. The highest BCUT2D eigenvalue weighted by Gasteiger charge is 2.27. The molecule has 0 atom stereocenters. The first-order valence-electron chi connectivity index (χ1n) is 10.8. The van der Waals surface area contributed by atoms with Gasteiger partial charge in [-0.05, 0) is 74.5 Å². The number of aryl methyl sites for hydroxylation is 1. The number of ether oxygens (including phenoxy) is 1. The molecule has 3 aromatic carbocycles. The lowest BCUT2D eigenvalue weighted by molar-refractivity contribution is -0.119. The molecule has 1 amide bonds. The SMILES string of the molecule is CCOc1ccc(S(=O)(=O)N(CC(=O)NCCSc2ccc(C)cc2)c2ccc(F)cc2)cc1. The second-order valence-corrected chi connectivity index (χ2v) is 10.4. The van der Waals surface area contributed by atoms with E-state index in [1.54, 1.807) is 23.9 Å². The van der Waals surface area contributed by atoms with E-state index < -0.39 is 28.3 Å². The van der Waals surface area contributed by atoms with E-state index in [1.807, 2.05) is 38.1 Å². The molecule has 0 heterocycles. The lowest BCUT2D eigenvalue weighted by Crippen LogP contribution is -2.41. The number of carbonyl (C=O) groups excluding carboxylic acids is 1. The van der Waals surface area contributed by atoms with Gasteiger partial charge in [-0.25, -0.2) is 12.8 Å². The predicted octanol–water partition coefficient (Wildman–Crippen LogP) is 4.64. The van der Waals surface area contributed by atoms with Crippen molar-refractivity contribution in [1.29, 1.82) is 0 Å². The van der Waals surface area contributed by atoms with E-state index in [-0.39, 0.29) is 10.6 Å². The number of nitrogens with one attached hydrogen (secondary N) is 1. The van der Waals surface area contributed by atoms with Crippen molar-refractivity contribution in [3.8, 4) is 5.75 Å². The molecular formula is C25H27FN2O4S2. The van der Waals surface area contributed by atoms with Gasteiger partial charge in [0.1, 0.15) is 18.1 Å². The summed E-state index contributed by atoms with van der Waals surface area (Å²) in [4.78, 5) is 13.7. The van der Waals surface area contributed by atoms with Crippen molar-refractivity contribution < 1.29 is 22.3 Å². The highest BCUT2D eigenvalue weighted by atomic mass is 32.2. The van der Waals surface area contributed by atoms with Crippen LogP contribution in [-0.2, 0) is 14.8 Å². The molecule has 0 spiro atoms. The largest absolute Gasteiger partial charge is 0.494 e. The van der Waals surface area contributed by atoms with E-state index in [4.69, 9.17) is 4.74 Å². The summed E-state index contributed by atoms with van der Waals surface area (Å²) in [6.45, 7) is 4.24. The van der Waals surface area contributed by atoms with E-state index in [0.717, 1.165) is 21.3 Å². The summed E-state index contributed by atoms with van der Waals surface area (Å²) >= 11 is 1.60. The highest BCUT2D eigenvalue weighted by molar-refractivity contribution is 7.99. The van der Waals surface area contributed by atoms with Crippen LogP contribution in [0.5, 0.6) is 5.75 Å². The normalized spacial score (nSPS) is 11.1. The molecule has 0 radical (unpaired) electrons. The molecule has 3 rings (SSSR count). The number of halogens is 1. The fourth-order valence-electron chi connectivity index (χ4n) is 3.10. The van der Waals surface area contributed by atoms with Gasteiger partial charge < -0.3 is 10.1 Å². The van der Waals surface area contributed by atoms with Crippen molar-refractivity contribution in [2.45, 2.75) is 23.6 Å². The zero-order chi connectivity index (χ0) is 24.6. The van der Waals surface area contributed by atoms with Crippen molar-refractivity contribution in [3.63, 3.8) is 0 Å². The molecule has 0 bridgehead atoms. The average molecular weight is 503 g/mol. The Kier molecular flexibility index (Phi) is 8.95. The zero-order valence-electron chi connectivity index (χ0n) is 19.0. The van der Waals surface area contributed by atoms with Gasteiger partial charge in [0.2, 0.25) is 5.91 Å². The van der Waals surface area contributed by atoms with Gasteiger partial charge in [0.15, 0.2) is 0 Å². The van der Waals surface area contributed by atoms with Crippen LogP contribution in [-0.4, -0.2) is 39.8 Å². The summed E-state index contributed by atoms with van der Waals surface area (Å²) in [5.74, 6) is 0.221. The van der Waals surface area contributed by atoms with Crippen molar-refractivity contribution in [3.05, 3.63) is 84.2 Å². The molecule has 0 aliphatic rings.